The second-order valence-corrected chi connectivity index (χ2v) is 5.62. The molecule has 0 radical (unpaired) electrons. The Morgan fingerprint density at radius 1 is 1.05 bits per heavy atom. The van der Waals surface area contributed by atoms with Gasteiger partial charge in [0.25, 0.3) is 0 Å². The molecule has 1 unspecified atom stereocenters. The number of hydrogen-bond donors (Lipinski definition) is 1. The van der Waals surface area contributed by atoms with E-state index in [1.165, 1.54) is 11.1 Å². The third-order valence-corrected chi connectivity index (χ3v) is 3.60. The highest BCUT2D eigenvalue weighted by Gasteiger charge is 2.11. The van der Waals surface area contributed by atoms with Gasteiger partial charge in [-0.1, -0.05) is 48.4 Å². The summed E-state index contributed by atoms with van der Waals surface area (Å²) in [5, 5.41) is 4.26. The van der Waals surface area contributed by atoms with Crippen molar-refractivity contribution >= 4 is 11.6 Å². The van der Waals surface area contributed by atoms with Gasteiger partial charge >= 0.3 is 0 Å². The lowest BCUT2D eigenvalue weighted by molar-refractivity contribution is 0.266. The van der Waals surface area contributed by atoms with Gasteiger partial charge in [-0.15, -0.1) is 0 Å². The van der Waals surface area contributed by atoms with E-state index in [4.69, 9.17) is 16.3 Å². The van der Waals surface area contributed by atoms with E-state index < -0.39 is 0 Å². The van der Waals surface area contributed by atoms with E-state index in [1.807, 2.05) is 24.3 Å². The summed E-state index contributed by atoms with van der Waals surface area (Å²) in [7, 11) is 0. The second kappa shape index (κ2) is 8.06. The highest BCUT2D eigenvalue weighted by atomic mass is 35.5. The largest absolute Gasteiger partial charge is 0.492 e. The van der Waals surface area contributed by atoms with Crippen LogP contribution in [0.2, 0.25) is 5.02 Å². The Morgan fingerprint density at radius 2 is 1.71 bits per heavy atom. The molecule has 3 heteroatoms. The lowest BCUT2D eigenvalue weighted by Crippen LogP contribution is -2.27. The summed E-state index contributed by atoms with van der Waals surface area (Å²) in [4.78, 5) is 0. The fraction of sp³-hybridized carbons (Fsp3) is 0.333. The fourth-order valence-electron chi connectivity index (χ4n) is 2.10. The zero-order valence-electron chi connectivity index (χ0n) is 12.6. The molecule has 0 aliphatic carbocycles. The highest BCUT2D eigenvalue weighted by molar-refractivity contribution is 6.30. The maximum absolute atomic E-state index is 5.89. The summed E-state index contributed by atoms with van der Waals surface area (Å²) in [6.07, 6.45) is 1.10. The fourth-order valence-corrected chi connectivity index (χ4v) is 2.23. The molecule has 0 aromatic heterocycles. The van der Waals surface area contributed by atoms with Crippen LogP contribution in [0.15, 0.2) is 48.5 Å². The van der Waals surface area contributed by atoms with Crippen molar-refractivity contribution in [3.8, 4) is 5.75 Å². The molecule has 0 fully saturated rings. The first-order chi connectivity index (χ1) is 10.2. The molecule has 2 rings (SSSR count). The highest BCUT2D eigenvalue weighted by Crippen LogP contribution is 2.19. The van der Waals surface area contributed by atoms with Gasteiger partial charge in [-0.05, 0) is 49.7 Å². The minimum Gasteiger partial charge on any atom is -0.492 e. The lowest BCUT2D eigenvalue weighted by Gasteiger charge is -2.20. The van der Waals surface area contributed by atoms with Crippen LogP contribution in [0.1, 0.15) is 30.5 Å². The SMILES string of the molecule is CCCNC(COc1ccc(Cl)cc1)c1ccc(C)cc1. The molecule has 0 bridgehead atoms. The Balaban J connectivity index is 2.02. The van der Waals surface area contributed by atoms with Gasteiger partial charge < -0.3 is 10.1 Å². The number of ether oxygens (including phenoxy) is 1. The quantitative estimate of drug-likeness (QED) is 0.795. The molecule has 0 heterocycles. The molecular weight excluding hydrogens is 282 g/mol. The standard InChI is InChI=1S/C18H22ClNO/c1-3-12-20-18(15-6-4-14(2)5-7-15)13-21-17-10-8-16(19)9-11-17/h4-11,18,20H,3,12-13H2,1-2H3. The molecule has 0 aliphatic heterocycles. The zero-order chi connectivity index (χ0) is 15.1. The van der Waals surface area contributed by atoms with E-state index in [-0.39, 0.29) is 6.04 Å². The van der Waals surface area contributed by atoms with Crippen molar-refractivity contribution in [3.05, 3.63) is 64.7 Å². The topological polar surface area (TPSA) is 21.3 Å². The number of benzene rings is 2. The molecule has 21 heavy (non-hydrogen) atoms. The number of hydrogen-bond acceptors (Lipinski definition) is 2. The van der Waals surface area contributed by atoms with Gasteiger partial charge in [-0.3, -0.25) is 0 Å². The van der Waals surface area contributed by atoms with Gasteiger partial charge in [0.2, 0.25) is 0 Å². The van der Waals surface area contributed by atoms with Crippen LogP contribution in [0.25, 0.3) is 0 Å². The van der Waals surface area contributed by atoms with E-state index in [1.54, 1.807) is 0 Å². The van der Waals surface area contributed by atoms with Crippen LogP contribution in [0.3, 0.4) is 0 Å². The number of aryl methyl sites for hydroxylation is 1. The van der Waals surface area contributed by atoms with E-state index >= 15 is 0 Å². The van der Waals surface area contributed by atoms with Gasteiger partial charge in [0.1, 0.15) is 12.4 Å². The normalized spacial score (nSPS) is 12.1. The number of halogens is 1. The molecule has 112 valence electrons. The molecule has 2 aromatic rings. The Labute approximate surface area is 132 Å². The average molecular weight is 304 g/mol. The Bertz CT molecular complexity index is 536. The molecule has 1 N–H and O–H groups in total. The van der Waals surface area contributed by atoms with E-state index in [0.717, 1.165) is 23.7 Å². The third kappa shape index (κ3) is 5.07. The minimum atomic E-state index is 0.196. The van der Waals surface area contributed by atoms with Gasteiger partial charge in [0.05, 0.1) is 6.04 Å². The third-order valence-electron chi connectivity index (χ3n) is 3.35. The summed E-state index contributed by atoms with van der Waals surface area (Å²) in [5.74, 6) is 0.842. The second-order valence-electron chi connectivity index (χ2n) is 5.18. The van der Waals surface area contributed by atoms with Crippen molar-refractivity contribution < 1.29 is 4.74 Å². The smallest absolute Gasteiger partial charge is 0.119 e. The maximum Gasteiger partial charge on any atom is 0.119 e. The maximum atomic E-state index is 5.89. The van der Waals surface area contributed by atoms with Crippen molar-refractivity contribution in [3.63, 3.8) is 0 Å². The average Bonchev–Trinajstić information content (AvgIpc) is 2.50. The molecule has 0 spiro atoms. The predicted molar refractivity (Wildman–Crippen MR) is 89.2 cm³/mol. The van der Waals surface area contributed by atoms with Crippen molar-refractivity contribution in [2.24, 2.45) is 0 Å². The van der Waals surface area contributed by atoms with Crippen LogP contribution < -0.4 is 10.1 Å². The van der Waals surface area contributed by atoms with Gasteiger partial charge in [-0.25, -0.2) is 0 Å². The molecule has 0 amide bonds. The van der Waals surface area contributed by atoms with Crippen molar-refractivity contribution in [1.82, 2.24) is 5.32 Å². The van der Waals surface area contributed by atoms with Crippen LogP contribution >= 0.6 is 11.6 Å². The summed E-state index contributed by atoms with van der Waals surface area (Å²) >= 11 is 5.89. The van der Waals surface area contributed by atoms with E-state index in [0.29, 0.717) is 6.61 Å². The van der Waals surface area contributed by atoms with Crippen LogP contribution in [0.4, 0.5) is 0 Å². The molecule has 2 aromatic carbocycles. The first kappa shape index (κ1) is 15.9. The van der Waals surface area contributed by atoms with Crippen LogP contribution in [0, 0.1) is 6.92 Å². The summed E-state index contributed by atoms with van der Waals surface area (Å²) in [5.41, 5.74) is 2.52. The van der Waals surface area contributed by atoms with E-state index in [9.17, 15) is 0 Å². The first-order valence-electron chi connectivity index (χ1n) is 7.37. The zero-order valence-corrected chi connectivity index (χ0v) is 13.4. The summed E-state index contributed by atoms with van der Waals surface area (Å²) < 4.78 is 5.88. The van der Waals surface area contributed by atoms with Crippen LogP contribution in [-0.2, 0) is 0 Å². The molecule has 2 nitrogen and oxygen atoms in total. The van der Waals surface area contributed by atoms with Crippen molar-refractivity contribution in [1.29, 1.82) is 0 Å². The monoisotopic (exact) mass is 303 g/mol. The van der Waals surface area contributed by atoms with Gasteiger partial charge in [0.15, 0.2) is 0 Å². The molecule has 1 atom stereocenters. The number of rotatable bonds is 7. The number of nitrogens with one attached hydrogen (secondary N) is 1. The Hall–Kier alpha value is -1.51. The van der Waals surface area contributed by atoms with Crippen LogP contribution in [-0.4, -0.2) is 13.2 Å². The summed E-state index contributed by atoms with van der Waals surface area (Å²) in [6.45, 7) is 5.84. The Morgan fingerprint density at radius 3 is 2.33 bits per heavy atom. The summed E-state index contributed by atoms with van der Waals surface area (Å²) in [6, 6.07) is 16.3. The van der Waals surface area contributed by atoms with Crippen LogP contribution in [0.5, 0.6) is 5.75 Å². The predicted octanol–water partition coefficient (Wildman–Crippen LogP) is 4.77. The van der Waals surface area contributed by atoms with Crippen molar-refractivity contribution in [2.45, 2.75) is 26.3 Å². The first-order valence-corrected chi connectivity index (χ1v) is 7.75. The van der Waals surface area contributed by atoms with Crippen molar-refractivity contribution in [2.75, 3.05) is 13.2 Å². The van der Waals surface area contributed by atoms with Gasteiger partial charge in [-0.2, -0.15) is 0 Å². The lowest BCUT2D eigenvalue weighted by atomic mass is 10.1. The Kier molecular flexibility index (Phi) is 6.09. The van der Waals surface area contributed by atoms with Gasteiger partial charge in [0, 0.05) is 5.02 Å². The van der Waals surface area contributed by atoms with E-state index in [2.05, 4.69) is 43.4 Å². The molecule has 0 aliphatic rings. The molecule has 0 saturated carbocycles. The minimum absolute atomic E-state index is 0.196. The molecule has 0 saturated heterocycles. The molecular formula is C18H22ClNO.